The van der Waals surface area contributed by atoms with Crippen molar-refractivity contribution in [3.63, 3.8) is 0 Å². The number of hydrogen-bond acceptors (Lipinski definition) is 5. The molecule has 0 radical (unpaired) electrons. The highest BCUT2D eigenvalue weighted by Crippen LogP contribution is 2.29. The number of nitrogens with one attached hydrogen (secondary N) is 2. The lowest BCUT2D eigenvalue weighted by molar-refractivity contribution is 0.194. The van der Waals surface area contributed by atoms with Crippen LogP contribution < -0.4 is 15.5 Å². The largest absolute Gasteiger partial charge is 0.383 e. The van der Waals surface area contributed by atoms with Crippen molar-refractivity contribution in [1.29, 1.82) is 0 Å². The molecule has 7 heteroatoms. The van der Waals surface area contributed by atoms with E-state index in [9.17, 15) is 4.79 Å². The van der Waals surface area contributed by atoms with Gasteiger partial charge in [0, 0.05) is 44.0 Å². The van der Waals surface area contributed by atoms with Gasteiger partial charge in [0.1, 0.15) is 11.6 Å². The first-order valence-electron chi connectivity index (χ1n) is 9.32. The molecular weight excluding hydrogens is 318 g/mol. The number of urea groups is 1. The van der Waals surface area contributed by atoms with Gasteiger partial charge in [0.15, 0.2) is 0 Å². The fraction of sp³-hybridized carbons (Fsp3) is 0.722. The molecule has 25 heavy (non-hydrogen) atoms. The van der Waals surface area contributed by atoms with Gasteiger partial charge in [-0.2, -0.15) is 0 Å². The Morgan fingerprint density at radius 1 is 1.24 bits per heavy atom. The molecular formula is C18H29N5O2. The fourth-order valence-electron chi connectivity index (χ4n) is 3.69. The highest BCUT2D eigenvalue weighted by atomic mass is 16.5. The molecule has 0 unspecified atom stereocenters. The fourth-order valence-corrected chi connectivity index (χ4v) is 3.69. The lowest BCUT2D eigenvalue weighted by Crippen LogP contribution is -2.48. The third kappa shape index (κ3) is 4.60. The van der Waals surface area contributed by atoms with Crippen LogP contribution in [0.15, 0.2) is 0 Å². The lowest BCUT2D eigenvalue weighted by Gasteiger charge is -2.35. The molecule has 1 fully saturated rings. The molecule has 0 spiro atoms. The normalized spacial score (nSPS) is 17.9. The van der Waals surface area contributed by atoms with E-state index in [1.165, 1.54) is 24.1 Å². The van der Waals surface area contributed by atoms with Gasteiger partial charge in [-0.25, -0.2) is 14.8 Å². The summed E-state index contributed by atoms with van der Waals surface area (Å²) >= 11 is 0. The standard InChI is InChI=1S/C18H29N5O2/c1-13-20-16-6-4-3-5-15(16)17(21-13)23-10-7-14(8-11-23)22-18(24)19-9-12-25-2/h14H,3-12H2,1-2H3,(H2,19,22,24). The van der Waals surface area contributed by atoms with E-state index in [4.69, 9.17) is 9.72 Å². The summed E-state index contributed by atoms with van der Waals surface area (Å²) in [5.74, 6) is 2.00. The van der Waals surface area contributed by atoms with Gasteiger partial charge >= 0.3 is 6.03 Å². The molecule has 0 saturated carbocycles. The summed E-state index contributed by atoms with van der Waals surface area (Å²) in [6.07, 6.45) is 6.50. The number of ether oxygens (including phenoxy) is 1. The van der Waals surface area contributed by atoms with Gasteiger partial charge < -0.3 is 20.3 Å². The molecule has 2 heterocycles. The smallest absolute Gasteiger partial charge is 0.315 e. The second kappa shape index (κ2) is 8.47. The molecule has 0 aromatic carbocycles. The maximum Gasteiger partial charge on any atom is 0.315 e. The van der Waals surface area contributed by atoms with Crippen LogP contribution in [0.25, 0.3) is 0 Å². The quantitative estimate of drug-likeness (QED) is 0.791. The average molecular weight is 347 g/mol. The molecule has 1 aliphatic carbocycles. The monoisotopic (exact) mass is 347 g/mol. The second-order valence-corrected chi connectivity index (χ2v) is 6.88. The Hall–Kier alpha value is -1.89. The zero-order chi connectivity index (χ0) is 17.6. The number of carbonyl (C=O) groups excluding carboxylic acids is 1. The number of rotatable bonds is 5. The lowest BCUT2D eigenvalue weighted by atomic mass is 9.95. The van der Waals surface area contributed by atoms with Crippen molar-refractivity contribution in [2.24, 2.45) is 0 Å². The Balaban J connectivity index is 1.56. The number of methoxy groups -OCH3 is 1. The summed E-state index contributed by atoms with van der Waals surface area (Å²) in [6, 6.07) is 0.114. The first-order valence-corrected chi connectivity index (χ1v) is 9.32. The van der Waals surface area contributed by atoms with Gasteiger partial charge in [-0.15, -0.1) is 0 Å². The Morgan fingerprint density at radius 2 is 2.00 bits per heavy atom. The molecule has 1 aliphatic heterocycles. The molecule has 2 N–H and O–H groups in total. The molecule has 3 rings (SSSR count). The van der Waals surface area contributed by atoms with Crippen LogP contribution in [-0.4, -0.2) is 55.4 Å². The van der Waals surface area contributed by atoms with Crippen LogP contribution in [0.2, 0.25) is 0 Å². The Kier molecular flexibility index (Phi) is 6.07. The zero-order valence-electron chi connectivity index (χ0n) is 15.3. The summed E-state index contributed by atoms with van der Waals surface area (Å²) in [4.78, 5) is 23.6. The van der Waals surface area contributed by atoms with E-state index in [1.54, 1.807) is 7.11 Å². The van der Waals surface area contributed by atoms with Gasteiger partial charge in [0.25, 0.3) is 0 Å². The Bertz CT molecular complexity index is 599. The third-order valence-corrected chi connectivity index (χ3v) is 4.99. The minimum Gasteiger partial charge on any atom is -0.383 e. The van der Waals surface area contributed by atoms with E-state index < -0.39 is 0 Å². The minimum atomic E-state index is -0.106. The Labute approximate surface area is 149 Å². The van der Waals surface area contributed by atoms with E-state index in [2.05, 4.69) is 20.5 Å². The van der Waals surface area contributed by atoms with Crippen molar-refractivity contribution >= 4 is 11.8 Å². The van der Waals surface area contributed by atoms with Gasteiger partial charge in [-0.05, 0) is 45.4 Å². The molecule has 1 aromatic rings. The summed E-state index contributed by atoms with van der Waals surface area (Å²) in [7, 11) is 1.63. The number of carbonyl (C=O) groups is 1. The van der Waals surface area contributed by atoms with Gasteiger partial charge in [0.05, 0.1) is 6.61 Å². The summed E-state index contributed by atoms with van der Waals surface area (Å²) in [5, 5.41) is 5.87. The molecule has 7 nitrogen and oxygen atoms in total. The maximum atomic E-state index is 11.9. The Morgan fingerprint density at radius 3 is 2.76 bits per heavy atom. The van der Waals surface area contributed by atoms with Gasteiger partial charge in [-0.1, -0.05) is 0 Å². The first kappa shape index (κ1) is 17.9. The van der Waals surface area contributed by atoms with Crippen molar-refractivity contribution in [3.05, 3.63) is 17.1 Å². The second-order valence-electron chi connectivity index (χ2n) is 6.88. The molecule has 1 aromatic heterocycles. The zero-order valence-corrected chi connectivity index (χ0v) is 15.3. The van der Waals surface area contributed by atoms with Crippen molar-refractivity contribution < 1.29 is 9.53 Å². The van der Waals surface area contributed by atoms with Crippen LogP contribution >= 0.6 is 0 Å². The number of piperidine rings is 1. The predicted octanol–water partition coefficient (Wildman–Crippen LogP) is 1.58. The number of hydrogen-bond donors (Lipinski definition) is 2. The van der Waals surface area contributed by atoms with Crippen molar-refractivity contribution in [2.75, 3.05) is 38.3 Å². The maximum absolute atomic E-state index is 11.9. The SMILES string of the molecule is COCCNC(=O)NC1CCN(c2nc(C)nc3c2CCCC3)CC1. The number of nitrogens with zero attached hydrogens (tertiary/aromatic N) is 3. The molecule has 2 amide bonds. The molecule has 0 bridgehead atoms. The molecule has 2 aliphatic rings. The van der Waals surface area contributed by atoms with Crippen LogP contribution in [0.3, 0.4) is 0 Å². The van der Waals surface area contributed by atoms with Crippen LogP contribution in [0.1, 0.15) is 42.8 Å². The van der Waals surface area contributed by atoms with Crippen molar-refractivity contribution in [3.8, 4) is 0 Å². The van der Waals surface area contributed by atoms with E-state index in [0.717, 1.165) is 50.4 Å². The minimum absolute atomic E-state index is 0.106. The molecule has 0 atom stereocenters. The van der Waals surface area contributed by atoms with Gasteiger partial charge in [0.2, 0.25) is 0 Å². The van der Waals surface area contributed by atoms with Crippen molar-refractivity contribution in [1.82, 2.24) is 20.6 Å². The van der Waals surface area contributed by atoms with E-state index in [0.29, 0.717) is 13.2 Å². The van der Waals surface area contributed by atoms with Crippen LogP contribution in [0.4, 0.5) is 10.6 Å². The molecule has 138 valence electrons. The molecule has 1 saturated heterocycles. The third-order valence-electron chi connectivity index (χ3n) is 4.99. The number of aromatic nitrogens is 2. The number of anilines is 1. The summed E-state index contributed by atoms with van der Waals surface area (Å²) in [6.45, 7) is 4.90. The van der Waals surface area contributed by atoms with Crippen LogP contribution in [0, 0.1) is 6.92 Å². The number of aryl methyl sites for hydroxylation is 2. The van der Waals surface area contributed by atoms with E-state index in [-0.39, 0.29) is 12.1 Å². The highest BCUT2D eigenvalue weighted by Gasteiger charge is 2.25. The average Bonchev–Trinajstić information content (AvgIpc) is 2.62. The first-order chi connectivity index (χ1) is 12.2. The summed E-state index contributed by atoms with van der Waals surface area (Å²) in [5.41, 5.74) is 2.59. The van der Waals surface area contributed by atoms with Crippen molar-refractivity contribution in [2.45, 2.75) is 51.5 Å². The van der Waals surface area contributed by atoms with E-state index >= 15 is 0 Å². The number of fused-ring (bicyclic) bond motifs is 1. The summed E-state index contributed by atoms with van der Waals surface area (Å²) < 4.78 is 4.94. The predicted molar refractivity (Wildman–Crippen MR) is 97.1 cm³/mol. The van der Waals surface area contributed by atoms with Crippen LogP contribution in [-0.2, 0) is 17.6 Å². The van der Waals surface area contributed by atoms with Crippen LogP contribution in [0.5, 0.6) is 0 Å². The van der Waals surface area contributed by atoms with Gasteiger partial charge in [-0.3, -0.25) is 0 Å². The van der Waals surface area contributed by atoms with E-state index in [1.807, 2.05) is 6.92 Å². The topological polar surface area (TPSA) is 79.4 Å². The number of amides is 2. The highest BCUT2D eigenvalue weighted by molar-refractivity contribution is 5.74.